The monoisotopic (exact) mass is 307 g/mol. The van der Waals surface area contributed by atoms with Crippen molar-refractivity contribution in [1.82, 2.24) is 5.32 Å². The van der Waals surface area contributed by atoms with Gasteiger partial charge in [-0.2, -0.15) is 0 Å². The number of rotatable bonds is 6. The van der Waals surface area contributed by atoms with E-state index in [4.69, 9.17) is 9.47 Å². The maximum Gasteiger partial charge on any atom is 0.220 e. The lowest BCUT2D eigenvalue weighted by Crippen LogP contribution is -2.39. The predicted octanol–water partition coefficient (Wildman–Crippen LogP) is 2.00. The minimum atomic E-state index is -1.04. The lowest BCUT2D eigenvalue weighted by molar-refractivity contribution is -0.123. The van der Waals surface area contributed by atoms with E-state index in [9.17, 15) is 9.90 Å². The number of benzene rings is 1. The molecule has 1 atom stereocenters. The largest absolute Gasteiger partial charge is 0.493 e. The van der Waals surface area contributed by atoms with Crippen molar-refractivity contribution in [2.24, 2.45) is 5.92 Å². The number of aryl methyl sites for hydroxylation is 1. The zero-order valence-corrected chi connectivity index (χ0v) is 13.7. The van der Waals surface area contributed by atoms with Gasteiger partial charge in [-0.15, -0.1) is 0 Å². The zero-order chi connectivity index (χ0) is 16.3. The van der Waals surface area contributed by atoms with E-state index in [1.165, 1.54) is 0 Å². The Morgan fingerprint density at radius 1 is 1.32 bits per heavy atom. The first kappa shape index (κ1) is 16.6. The lowest BCUT2D eigenvalue weighted by Gasteiger charge is -2.25. The number of carbonyl (C=O) groups excluding carboxylic acids is 1. The third kappa shape index (κ3) is 3.35. The molecule has 0 heterocycles. The average Bonchev–Trinajstić information content (AvgIpc) is 2.80. The summed E-state index contributed by atoms with van der Waals surface area (Å²) in [6, 6.07) is 3.72. The summed E-state index contributed by atoms with van der Waals surface area (Å²) in [7, 11) is 3.17. The van der Waals surface area contributed by atoms with Crippen LogP contribution in [-0.2, 0) is 16.8 Å². The van der Waals surface area contributed by atoms with Gasteiger partial charge in [-0.05, 0) is 42.0 Å². The highest BCUT2D eigenvalue weighted by Gasteiger charge is 2.38. The first-order valence-electron chi connectivity index (χ1n) is 7.64. The minimum absolute atomic E-state index is 0.0302. The number of ether oxygens (including phenoxy) is 2. The normalized spacial score (nSPS) is 19.9. The number of fused-ring (bicyclic) bond motifs is 1. The molecule has 1 aliphatic carbocycles. The van der Waals surface area contributed by atoms with Gasteiger partial charge in [-0.25, -0.2) is 0 Å². The quantitative estimate of drug-likeness (QED) is 0.843. The van der Waals surface area contributed by atoms with Gasteiger partial charge in [0, 0.05) is 6.42 Å². The van der Waals surface area contributed by atoms with Crippen molar-refractivity contribution in [3.63, 3.8) is 0 Å². The summed E-state index contributed by atoms with van der Waals surface area (Å²) in [5.41, 5.74) is 0.815. The SMILES string of the molecule is COc1cc2c(cc1OC)C(O)(CNC(=O)CC(C)C)CC2. The molecule has 5 heteroatoms. The summed E-state index contributed by atoms with van der Waals surface area (Å²) in [5.74, 6) is 1.52. The standard InChI is InChI=1S/C17H25NO4/c1-11(2)7-16(19)18-10-17(20)6-5-12-8-14(21-3)15(22-4)9-13(12)17/h8-9,11,20H,5-7,10H2,1-4H3,(H,18,19). The molecule has 0 radical (unpaired) electrons. The molecule has 22 heavy (non-hydrogen) atoms. The van der Waals surface area contributed by atoms with Gasteiger partial charge in [0.25, 0.3) is 0 Å². The van der Waals surface area contributed by atoms with Crippen LogP contribution in [0.1, 0.15) is 37.8 Å². The molecule has 5 nitrogen and oxygen atoms in total. The molecule has 1 unspecified atom stereocenters. The first-order valence-corrected chi connectivity index (χ1v) is 7.64. The van der Waals surface area contributed by atoms with Crippen LogP contribution < -0.4 is 14.8 Å². The van der Waals surface area contributed by atoms with Gasteiger partial charge in [-0.1, -0.05) is 13.8 Å². The van der Waals surface area contributed by atoms with E-state index in [-0.39, 0.29) is 12.5 Å². The number of amides is 1. The summed E-state index contributed by atoms with van der Waals surface area (Å²) in [6.07, 6.45) is 1.81. The molecular formula is C17H25NO4. The van der Waals surface area contributed by atoms with Crippen molar-refractivity contribution in [3.05, 3.63) is 23.3 Å². The molecule has 0 aliphatic heterocycles. The van der Waals surface area contributed by atoms with E-state index in [2.05, 4.69) is 5.32 Å². The maximum absolute atomic E-state index is 11.8. The van der Waals surface area contributed by atoms with Crippen LogP contribution in [-0.4, -0.2) is 31.8 Å². The van der Waals surface area contributed by atoms with Gasteiger partial charge in [0.1, 0.15) is 5.60 Å². The van der Waals surface area contributed by atoms with Crippen molar-refractivity contribution in [2.45, 2.75) is 38.7 Å². The van der Waals surface area contributed by atoms with Crippen LogP contribution in [0.2, 0.25) is 0 Å². The number of nitrogens with one attached hydrogen (secondary N) is 1. The van der Waals surface area contributed by atoms with Crippen LogP contribution in [0.4, 0.5) is 0 Å². The second kappa shape index (κ2) is 6.57. The average molecular weight is 307 g/mol. The van der Waals surface area contributed by atoms with Crippen LogP contribution >= 0.6 is 0 Å². The third-order valence-electron chi connectivity index (χ3n) is 4.09. The topological polar surface area (TPSA) is 67.8 Å². The second-order valence-corrected chi connectivity index (χ2v) is 6.27. The fourth-order valence-electron chi connectivity index (χ4n) is 2.91. The van der Waals surface area contributed by atoms with E-state index < -0.39 is 5.60 Å². The van der Waals surface area contributed by atoms with Gasteiger partial charge in [0.05, 0.1) is 20.8 Å². The highest BCUT2D eigenvalue weighted by Crippen LogP contribution is 2.42. The Kier molecular flexibility index (Phi) is 4.96. The Hall–Kier alpha value is -1.75. The number of aliphatic hydroxyl groups is 1. The van der Waals surface area contributed by atoms with Crippen LogP contribution in [0.25, 0.3) is 0 Å². The van der Waals surface area contributed by atoms with Crippen LogP contribution in [0.15, 0.2) is 12.1 Å². The molecule has 1 aromatic rings. The molecule has 0 spiro atoms. The van der Waals surface area contributed by atoms with Crippen LogP contribution in [0, 0.1) is 5.92 Å². The Balaban J connectivity index is 2.17. The highest BCUT2D eigenvalue weighted by molar-refractivity contribution is 5.76. The van der Waals surface area contributed by atoms with Gasteiger partial charge >= 0.3 is 0 Å². The Labute approximate surface area is 131 Å². The molecule has 0 bridgehead atoms. The van der Waals surface area contributed by atoms with Crippen molar-refractivity contribution in [2.75, 3.05) is 20.8 Å². The van der Waals surface area contributed by atoms with E-state index in [1.54, 1.807) is 14.2 Å². The summed E-state index contributed by atoms with van der Waals surface area (Å²) >= 11 is 0. The number of hydrogen-bond acceptors (Lipinski definition) is 4. The highest BCUT2D eigenvalue weighted by atomic mass is 16.5. The molecule has 0 saturated carbocycles. The van der Waals surface area contributed by atoms with Gasteiger partial charge in [0.2, 0.25) is 5.91 Å². The number of hydrogen-bond donors (Lipinski definition) is 2. The molecular weight excluding hydrogens is 282 g/mol. The Morgan fingerprint density at radius 2 is 1.95 bits per heavy atom. The fourth-order valence-corrected chi connectivity index (χ4v) is 2.91. The van der Waals surface area contributed by atoms with Crippen molar-refractivity contribution in [3.8, 4) is 11.5 Å². The molecule has 0 aromatic heterocycles. The molecule has 2 N–H and O–H groups in total. The van der Waals surface area contributed by atoms with E-state index in [1.807, 2.05) is 26.0 Å². The van der Waals surface area contributed by atoms with Crippen molar-refractivity contribution < 1.29 is 19.4 Å². The number of methoxy groups -OCH3 is 2. The first-order chi connectivity index (χ1) is 10.4. The fraction of sp³-hybridized carbons (Fsp3) is 0.588. The van der Waals surface area contributed by atoms with E-state index in [0.29, 0.717) is 30.3 Å². The van der Waals surface area contributed by atoms with Gasteiger partial charge in [-0.3, -0.25) is 4.79 Å². The molecule has 0 saturated heterocycles. The molecule has 1 aromatic carbocycles. The molecule has 1 aliphatic rings. The van der Waals surface area contributed by atoms with Crippen LogP contribution in [0.5, 0.6) is 11.5 Å². The molecule has 122 valence electrons. The number of carbonyl (C=O) groups is 1. The molecule has 0 fully saturated rings. The summed E-state index contributed by atoms with van der Waals surface area (Å²) in [4.78, 5) is 11.8. The van der Waals surface area contributed by atoms with Crippen molar-refractivity contribution in [1.29, 1.82) is 0 Å². The second-order valence-electron chi connectivity index (χ2n) is 6.27. The third-order valence-corrected chi connectivity index (χ3v) is 4.09. The van der Waals surface area contributed by atoms with Gasteiger partial charge in [0.15, 0.2) is 11.5 Å². The smallest absolute Gasteiger partial charge is 0.220 e. The summed E-state index contributed by atoms with van der Waals surface area (Å²) in [6.45, 7) is 4.22. The van der Waals surface area contributed by atoms with E-state index >= 15 is 0 Å². The maximum atomic E-state index is 11.8. The minimum Gasteiger partial charge on any atom is -0.493 e. The Bertz CT molecular complexity index is 556. The Morgan fingerprint density at radius 3 is 2.55 bits per heavy atom. The summed E-state index contributed by atoms with van der Waals surface area (Å²) < 4.78 is 10.6. The lowest BCUT2D eigenvalue weighted by atomic mass is 9.95. The van der Waals surface area contributed by atoms with Gasteiger partial charge < -0.3 is 19.9 Å². The van der Waals surface area contributed by atoms with Crippen molar-refractivity contribution >= 4 is 5.91 Å². The van der Waals surface area contributed by atoms with Crippen LogP contribution in [0.3, 0.4) is 0 Å². The predicted molar refractivity (Wildman–Crippen MR) is 84.2 cm³/mol. The molecule has 2 rings (SSSR count). The molecule has 1 amide bonds. The zero-order valence-electron chi connectivity index (χ0n) is 13.7. The summed E-state index contributed by atoms with van der Waals surface area (Å²) in [5, 5.41) is 13.7. The van der Waals surface area contributed by atoms with E-state index in [0.717, 1.165) is 17.5 Å².